The summed E-state index contributed by atoms with van der Waals surface area (Å²) in [5, 5.41) is 12.0. The Kier molecular flexibility index (Phi) is 4.25. The monoisotopic (exact) mass is 284 g/mol. The SMILES string of the molecule is CC(C)=CCN1CCC(Nc2cccc3[nH]ncc23)CC1. The summed E-state index contributed by atoms with van der Waals surface area (Å²) in [7, 11) is 0. The zero-order chi connectivity index (χ0) is 14.7. The molecule has 2 heterocycles. The molecule has 0 atom stereocenters. The van der Waals surface area contributed by atoms with Crippen LogP contribution in [0.1, 0.15) is 26.7 Å². The molecule has 4 nitrogen and oxygen atoms in total. The van der Waals surface area contributed by atoms with Crippen LogP contribution in [0.2, 0.25) is 0 Å². The zero-order valence-electron chi connectivity index (χ0n) is 12.9. The van der Waals surface area contributed by atoms with Crippen molar-refractivity contribution in [1.82, 2.24) is 15.1 Å². The van der Waals surface area contributed by atoms with E-state index in [-0.39, 0.29) is 0 Å². The number of hydrogen-bond donors (Lipinski definition) is 2. The van der Waals surface area contributed by atoms with E-state index in [0.717, 1.165) is 12.1 Å². The van der Waals surface area contributed by atoms with Gasteiger partial charge in [-0.3, -0.25) is 10.00 Å². The molecule has 0 amide bonds. The molecule has 1 saturated heterocycles. The van der Waals surface area contributed by atoms with Crippen molar-refractivity contribution in [1.29, 1.82) is 0 Å². The summed E-state index contributed by atoms with van der Waals surface area (Å²) in [6.07, 6.45) is 6.62. The largest absolute Gasteiger partial charge is 0.382 e. The maximum atomic E-state index is 4.13. The first-order valence-corrected chi connectivity index (χ1v) is 7.77. The van der Waals surface area contributed by atoms with Gasteiger partial charge in [-0.15, -0.1) is 0 Å². The van der Waals surface area contributed by atoms with Crippen LogP contribution in [0.15, 0.2) is 36.0 Å². The Bertz CT molecular complexity index is 617. The second-order valence-electron chi connectivity index (χ2n) is 6.14. The smallest absolute Gasteiger partial charge is 0.0671 e. The van der Waals surface area contributed by atoms with Gasteiger partial charge in [0.2, 0.25) is 0 Å². The molecule has 0 spiro atoms. The molecule has 0 bridgehead atoms. The summed E-state index contributed by atoms with van der Waals surface area (Å²) in [6, 6.07) is 6.85. The first-order chi connectivity index (χ1) is 10.2. The van der Waals surface area contributed by atoms with Crippen LogP contribution in [-0.4, -0.2) is 40.8 Å². The predicted molar refractivity (Wildman–Crippen MR) is 88.6 cm³/mol. The van der Waals surface area contributed by atoms with E-state index in [1.54, 1.807) is 0 Å². The molecule has 3 rings (SSSR count). The molecule has 0 unspecified atom stereocenters. The lowest BCUT2D eigenvalue weighted by Gasteiger charge is -2.32. The lowest BCUT2D eigenvalue weighted by molar-refractivity contribution is 0.240. The summed E-state index contributed by atoms with van der Waals surface area (Å²) < 4.78 is 0. The van der Waals surface area contributed by atoms with E-state index in [9.17, 15) is 0 Å². The van der Waals surface area contributed by atoms with Crippen molar-refractivity contribution < 1.29 is 0 Å². The van der Waals surface area contributed by atoms with Crippen LogP contribution in [0.25, 0.3) is 10.9 Å². The highest BCUT2D eigenvalue weighted by molar-refractivity contribution is 5.90. The lowest BCUT2D eigenvalue weighted by atomic mass is 10.0. The van der Waals surface area contributed by atoms with Crippen molar-refractivity contribution in [3.8, 4) is 0 Å². The van der Waals surface area contributed by atoms with Gasteiger partial charge in [-0.2, -0.15) is 5.10 Å². The zero-order valence-corrected chi connectivity index (χ0v) is 12.9. The molecule has 1 aromatic heterocycles. The molecule has 21 heavy (non-hydrogen) atoms. The molecule has 0 radical (unpaired) electrons. The number of piperidine rings is 1. The first-order valence-electron chi connectivity index (χ1n) is 7.77. The molecule has 1 aromatic carbocycles. The highest BCUT2D eigenvalue weighted by atomic mass is 15.1. The predicted octanol–water partition coefficient (Wildman–Crippen LogP) is 3.41. The van der Waals surface area contributed by atoms with E-state index in [0.29, 0.717) is 6.04 Å². The van der Waals surface area contributed by atoms with Crippen molar-refractivity contribution in [2.75, 3.05) is 25.0 Å². The van der Waals surface area contributed by atoms with Gasteiger partial charge in [0.1, 0.15) is 0 Å². The minimum atomic E-state index is 0.563. The molecule has 1 aliphatic rings. The number of nitrogens with zero attached hydrogens (tertiary/aromatic N) is 2. The highest BCUT2D eigenvalue weighted by Gasteiger charge is 2.18. The summed E-state index contributed by atoms with van der Waals surface area (Å²) in [4.78, 5) is 2.53. The van der Waals surface area contributed by atoms with Gasteiger partial charge in [0.05, 0.1) is 11.7 Å². The van der Waals surface area contributed by atoms with E-state index in [2.05, 4.69) is 58.5 Å². The average Bonchev–Trinajstić information content (AvgIpc) is 2.96. The molecule has 2 N–H and O–H groups in total. The minimum absolute atomic E-state index is 0.563. The lowest BCUT2D eigenvalue weighted by Crippen LogP contribution is -2.39. The van der Waals surface area contributed by atoms with Gasteiger partial charge in [-0.1, -0.05) is 17.7 Å². The van der Waals surface area contributed by atoms with E-state index in [1.165, 1.54) is 42.6 Å². The maximum absolute atomic E-state index is 4.13. The molecule has 1 aliphatic heterocycles. The standard InChI is InChI=1S/C17H24N4/c1-13(2)6-9-21-10-7-14(8-11-21)19-16-4-3-5-17-15(16)12-18-20-17/h3-6,12,14,19H,7-11H2,1-2H3,(H,18,20). The van der Waals surface area contributed by atoms with Gasteiger partial charge in [0.25, 0.3) is 0 Å². The normalized spacial score (nSPS) is 17.0. The third-order valence-electron chi connectivity index (χ3n) is 4.19. The quantitative estimate of drug-likeness (QED) is 0.846. The summed E-state index contributed by atoms with van der Waals surface area (Å²) in [5.74, 6) is 0. The molecule has 1 fully saturated rings. The summed E-state index contributed by atoms with van der Waals surface area (Å²) in [6.45, 7) is 7.76. The van der Waals surface area contributed by atoms with Gasteiger partial charge >= 0.3 is 0 Å². The van der Waals surface area contributed by atoms with Crippen LogP contribution in [0.5, 0.6) is 0 Å². The fraction of sp³-hybridized carbons (Fsp3) is 0.471. The van der Waals surface area contributed by atoms with Crippen molar-refractivity contribution in [2.24, 2.45) is 0 Å². The number of aromatic nitrogens is 2. The van der Waals surface area contributed by atoms with Crippen LogP contribution < -0.4 is 5.32 Å². The van der Waals surface area contributed by atoms with Crippen LogP contribution in [0.3, 0.4) is 0 Å². The van der Waals surface area contributed by atoms with Crippen molar-refractivity contribution in [2.45, 2.75) is 32.7 Å². The van der Waals surface area contributed by atoms with Gasteiger partial charge < -0.3 is 5.32 Å². The van der Waals surface area contributed by atoms with E-state index in [1.807, 2.05) is 6.20 Å². The molecule has 112 valence electrons. The number of benzene rings is 1. The van der Waals surface area contributed by atoms with Crippen LogP contribution >= 0.6 is 0 Å². The number of allylic oxidation sites excluding steroid dienone is 1. The number of nitrogens with one attached hydrogen (secondary N) is 2. The minimum Gasteiger partial charge on any atom is -0.382 e. The number of fused-ring (bicyclic) bond motifs is 1. The Morgan fingerprint density at radius 1 is 1.38 bits per heavy atom. The number of H-pyrrole nitrogens is 1. The first kappa shape index (κ1) is 14.1. The molecule has 4 heteroatoms. The second kappa shape index (κ2) is 6.31. The van der Waals surface area contributed by atoms with E-state index in [4.69, 9.17) is 0 Å². The van der Waals surface area contributed by atoms with Gasteiger partial charge in [0, 0.05) is 36.7 Å². The number of hydrogen-bond acceptors (Lipinski definition) is 3. The molecule has 0 saturated carbocycles. The average molecular weight is 284 g/mol. The Morgan fingerprint density at radius 2 is 2.19 bits per heavy atom. The number of aromatic amines is 1. The van der Waals surface area contributed by atoms with Crippen molar-refractivity contribution in [3.05, 3.63) is 36.0 Å². The van der Waals surface area contributed by atoms with Crippen LogP contribution in [-0.2, 0) is 0 Å². The third kappa shape index (κ3) is 3.45. The second-order valence-corrected chi connectivity index (χ2v) is 6.14. The fourth-order valence-corrected chi connectivity index (χ4v) is 2.89. The Balaban J connectivity index is 1.58. The fourth-order valence-electron chi connectivity index (χ4n) is 2.89. The van der Waals surface area contributed by atoms with Gasteiger partial charge in [-0.25, -0.2) is 0 Å². The maximum Gasteiger partial charge on any atom is 0.0671 e. The Hall–Kier alpha value is -1.81. The Labute approximate surface area is 126 Å². The number of likely N-dealkylation sites (tertiary alicyclic amines) is 1. The molecular weight excluding hydrogens is 260 g/mol. The molecule has 2 aromatic rings. The number of rotatable bonds is 4. The highest BCUT2D eigenvalue weighted by Crippen LogP contribution is 2.24. The third-order valence-corrected chi connectivity index (χ3v) is 4.19. The van der Waals surface area contributed by atoms with Gasteiger partial charge in [0.15, 0.2) is 0 Å². The van der Waals surface area contributed by atoms with Crippen molar-refractivity contribution in [3.63, 3.8) is 0 Å². The summed E-state index contributed by atoms with van der Waals surface area (Å²) >= 11 is 0. The van der Waals surface area contributed by atoms with Gasteiger partial charge in [-0.05, 0) is 38.8 Å². The van der Waals surface area contributed by atoms with Crippen molar-refractivity contribution >= 4 is 16.6 Å². The topological polar surface area (TPSA) is 44.0 Å². The van der Waals surface area contributed by atoms with E-state index < -0.39 is 0 Å². The Morgan fingerprint density at radius 3 is 2.95 bits per heavy atom. The number of anilines is 1. The van der Waals surface area contributed by atoms with Crippen LogP contribution in [0, 0.1) is 0 Å². The summed E-state index contributed by atoms with van der Waals surface area (Å²) in [5.41, 5.74) is 3.70. The molecular formula is C17H24N4. The van der Waals surface area contributed by atoms with E-state index >= 15 is 0 Å². The molecule has 0 aliphatic carbocycles. The van der Waals surface area contributed by atoms with Crippen LogP contribution in [0.4, 0.5) is 5.69 Å².